The molecule has 2 rings (SSSR count). The summed E-state index contributed by atoms with van der Waals surface area (Å²) in [7, 11) is 0. The lowest BCUT2D eigenvalue weighted by Crippen LogP contribution is -2.11. The summed E-state index contributed by atoms with van der Waals surface area (Å²) in [6, 6.07) is 5.25. The van der Waals surface area contributed by atoms with Gasteiger partial charge in [-0.15, -0.1) is 0 Å². The molecule has 1 heterocycles. The van der Waals surface area contributed by atoms with Gasteiger partial charge in [-0.05, 0) is 30.5 Å². The molecule has 142 valence electrons. The van der Waals surface area contributed by atoms with Crippen LogP contribution >= 0.6 is 11.6 Å². The number of benzene rings is 1. The van der Waals surface area contributed by atoms with Gasteiger partial charge in [0.15, 0.2) is 5.82 Å². The van der Waals surface area contributed by atoms with Crippen LogP contribution in [0.25, 0.3) is 0 Å². The number of aryl methyl sites for hydroxylation is 1. The predicted octanol–water partition coefficient (Wildman–Crippen LogP) is 4.84. The normalized spacial score (nSPS) is 11.2. The molecule has 0 unspecified atom stereocenters. The molecule has 1 aromatic heterocycles. The fourth-order valence-electron chi connectivity index (χ4n) is 2.18. The molecular formula is C19H26ClN3O3. The molecule has 1 aromatic carbocycles. The molecule has 0 fully saturated rings. The van der Waals surface area contributed by atoms with Crippen LogP contribution in [-0.4, -0.2) is 22.7 Å². The Morgan fingerprint density at radius 3 is 2.69 bits per heavy atom. The Hall–Kier alpha value is -2.08. The van der Waals surface area contributed by atoms with Gasteiger partial charge in [0.05, 0.1) is 11.6 Å². The number of halogens is 1. The summed E-state index contributed by atoms with van der Waals surface area (Å²) in [6.07, 6.45) is 1.58. The van der Waals surface area contributed by atoms with Gasteiger partial charge in [-0.2, -0.15) is 4.98 Å². The lowest BCUT2D eigenvalue weighted by atomic mass is 10.2. The summed E-state index contributed by atoms with van der Waals surface area (Å²) in [5, 5.41) is 7.23. The summed E-state index contributed by atoms with van der Waals surface area (Å²) >= 11 is 6.20. The van der Waals surface area contributed by atoms with Crippen LogP contribution in [0.2, 0.25) is 5.02 Å². The van der Waals surface area contributed by atoms with E-state index in [0.717, 1.165) is 0 Å². The average molecular weight is 380 g/mol. The van der Waals surface area contributed by atoms with Crippen molar-refractivity contribution in [2.75, 3.05) is 11.9 Å². The molecule has 0 atom stereocenters. The number of ether oxygens (including phenoxy) is 1. The number of amides is 1. The van der Waals surface area contributed by atoms with E-state index in [4.69, 9.17) is 20.9 Å². The quantitative estimate of drug-likeness (QED) is 0.674. The van der Waals surface area contributed by atoms with Crippen LogP contribution in [0.4, 0.5) is 5.69 Å². The highest BCUT2D eigenvalue weighted by Crippen LogP contribution is 2.28. The Bertz CT molecular complexity index is 729. The molecule has 7 heteroatoms. The highest BCUT2D eigenvalue weighted by molar-refractivity contribution is 6.32. The van der Waals surface area contributed by atoms with Crippen LogP contribution in [0.1, 0.15) is 58.2 Å². The van der Waals surface area contributed by atoms with Gasteiger partial charge in [0.25, 0.3) is 0 Å². The monoisotopic (exact) mass is 379 g/mol. The van der Waals surface area contributed by atoms with Crippen molar-refractivity contribution in [2.24, 2.45) is 5.92 Å². The average Bonchev–Trinajstić information content (AvgIpc) is 3.03. The molecular weight excluding hydrogens is 354 g/mol. The Morgan fingerprint density at radius 1 is 1.31 bits per heavy atom. The fraction of sp³-hybridized carbons (Fsp3) is 0.526. The van der Waals surface area contributed by atoms with E-state index in [0.29, 0.717) is 60.0 Å². The van der Waals surface area contributed by atoms with Gasteiger partial charge in [-0.1, -0.05) is 44.5 Å². The Kier molecular flexibility index (Phi) is 7.45. The van der Waals surface area contributed by atoms with Gasteiger partial charge in [-0.3, -0.25) is 4.79 Å². The van der Waals surface area contributed by atoms with E-state index in [1.807, 2.05) is 13.8 Å². The van der Waals surface area contributed by atoms with E-state index in [1.165, 1.54) is 0 Å². The van der Waals surface area contributed by atoms with Gasteiger partial charge in [-0.25, -0.2) is 0 Å². The first kappa shape index (κ1) is 20.2. The molecule has 6 nitrogen and oxygen atoms in total. The molecule has 26 heavy (non-hydrogen) atoms. The molecule has 0 aliphatic carbocycles. The molecule has 0 spiro atoms. The van der Waals surface area contributed by atoms with Crippen molar-refractivity contribution < 1.29 is 14.1 Å². The Labute approximate surface area is 159 Å². The van der Waals surface area contributed by atoms with Gasteiger partial charge in [0.2, 0.25) is 11.8 Å². The maximum Gasteiger partial charge on any atom is 0.226 e. The molecule has 0 saturated heterocycles. The van der Waals surface area contributed by atoms with Crippen molar-refractivity contribution in [3.05, 3.63) is 34.9 Å². The van der Waals surface area contributed by atoms with Crippen molar-refractivity contribution in [1.82, 2.24) is 10.1 Å². The highest BCUT2D eigenvalue weighted by atomic mass is 35.5. The maximum absolute atomic E-state index is 12.1. The molecule has 1 N–H and O–H groups in total. The second kappa shape index (κ2) is 9.57. The summed E-state index contributed by atoms with van der Waals surface area (Å²) < 4.78 is 10.8. The number of carbonyl (C=O) groups is 1. The predicted molar refractivity (Wildman–Crippen MR) is 102 cm³/mol. The van der Waals surface area contributed by atoms with Crippen LogP contribution in [0.5, 0.6) is 5.75 Å². The van der Waals surface area contributed by atoms with Crippen LogP contribution in [-0.2, 0) is 11.2 Å². The molecule has 2 aromatic rings. The first-order valence-electron chi connectivity index (χ1n) is 8.89. The van der Waals surface area contributed by atoms with Gasteiger partial charge in [0.1, 0.15) is 5.75 Å². The number of nitrogens with one attached hydrogen (secondary N) is 1. The van der Waals surface area contributed by atoms with Crippen molar-refractivity contribution in [3.63, 3.8) is 0 Å². The molecule has 0 aliphatic rings. The van der Waals surface area contributed by atoms with Crippen molar-refractivity contribution >= 4 is 23.2 Å². The number of nitrogens with zero attached hydrogens (tertiary/aromatic N) is 2. The number of hydrogen-bond donors (Lipinski definition) is 1. The molecule has 0 saturated carbocycles. The van der Waals surface area contributed by atoms with Crippen molar-refractivity contribution in [3.8, 4) is 5.75 Å². The summed E-state index contributed by atoms with van der Waals surface area (Å²) in [6.45, 7) is 8.75. The Balaban J connectivity index is 1.79. The third kappa shape index (κ3) is 6.33. The first-order chi connectivity index (χ1) is 12.3. The van der Waals surface area contributed by atoms with Crippen LogP contribution in [0.15, 0.2) is 22.7 Å². The van der Waals surface area contributed by atoms with E-state index in [-0.39, 0.29) is 11.8 Å². The van der Waals surface area contributed by atoms with E-state index < -0.39 is 0 Å². The zero-order chi connectivity index (χ0) is 19.1. The first-order valence-corrected chi connectivity index (χ1v) is 9.27. The third-order valence-corrected chi connectivity index (χ3v) is 3.88. The lowest BCUT2D eigenvalue weighted by Gasteiger charge is -2.11. The van der Waals surface area contributed by atoms with E-state index in [1.54, 1.807) is 18.2 Å². The van der Waals surface area contributed by atoms with Crippen LogP contribution < -0.4 is 10.1 Å². The zero-order valence-electron chi connectivity index (χ0n) is 15.7. The summed E-state index contributed by atoms with van der Waals surface area (Å²) in [5.41, 5.74) is 0.650. The van der Waals surface area contributed by atoms with E-state index >= 15 is 0 Å². The number of anilines is 1. The second-order valence-electron chi connectivity index (χ2n) is 6.95. The second-order valence-corrected chi connectivity index (χ2v) is 7.36. The van der Waals surface area contributed by atoms with Gasteiger partial charge >= 0.3 is 0 Å². The standard InChI is InChI=1S/C19H26ClN3O3/c1-12(2)11-25-16-9-8-14(10-15(16)20)21-17(24)6-5-7-18-22-19(13(3)4)23-26-18/h8-10,12-13H,5-7,11H2,1-4H3,(H,21,24). The maximum atomic E-state index is 12.1. The fourth-order valence-corrected chi connectivity index (χ4v) is 2.41. The lowest BCUT2D eigenvalue weighted by molar-refractivity contribution is -0.116. The van der Waals surface area contributed by atoms with Crippen LogP contribution in [0.3, 0.4) is 0 Å². The summed E-state index contributed by atoms with van der Waals surface area (Å²) in [5.74, 6) is 2.44. The minimum absolute atomic E-state index is 0.0829. The molecule has 0 aliphatic heterocycles. The number of rotatable bonds is 9. The molecule has 0 bridgehead atoms. The van der Waals surface area contributed by atoms with E-state index in [2.05, 4.69) is 29.3 Å². The van der Waals surface area contributed by atoms with E-state index in [9.17, 15) is 4.79 Å². The largest absolute Gasteiger partial charge is 0.492 e. The van der Waals surface area contributed by atoms with Gasteiger partial charge < -0.3 is 14.6 Å². The van der Waals surface area contributed by atoms with Crippen molar-refractivity contribution in [2.45, 2.75) is 52.9 Å². The highest BCUT2D eigenvalue weighted by Gasteiger charge is 2.11. The van der Waals surface area contributed by atoms with Crippen molar-refractivity contribution in [1.29, 1.82) is 0 Å². The molecule has 0 radical (unpaired) electrons. The third-order valence-electron chi connectivity index (χ3n) is 3.58. The van der Waals surface area contributed by atoms with Gasteiger partial charge in [0, 0.05) is 24.4 Å². The molecule has 1 amide bonds. The zero-order valence-corrected chi connectivity index (χ0v) is 16.5. The topological polar surface area (TPSA) is 77.2 Å². The van der Waals surface area contributed by atoms with Crippen LogP contribution in [0, 0.1) is 5.92 Å². The Morgan fingerprint density at radius 2 is 2.08 bits per heavy atom. The number of hydrogen-bond acceptors (Lipinski definition) is 5. The number of carbonyl (C=O) groups excluding carboxylic acids is 1. The minimum Gasteiger partial charge on any atom is -0.492 e. The minimum atomic E-state index is -0.0829. The SMILES string of the molecule is CC(C)COc1ccc(NC(=O)CCCc2nc(C(C)C)no2)cc1Cl. The number of aromatic nitrogens is 2. The summed E-state index contributed by atoms with van der Waals surface area (Å²) in [4.78, 5) is 16.4. The smallest absolute Gasteiger partial charge is 0.226 e.